The van der Waals surface area contributed by atoms with Gasteiger partial charge in [0.25, 0.3) is 11.2 Å². The Balaban J connectivity index is 1.49. The lowest BCUT2D eigenvalue weighted by Gasteiger charge is -2.28. The number of non-ortho nitro benzene ring substituents is 1. The zero-order valence-electron chi connectivity index (χ0n) is 15.1. The third kappa shape index (κ3) is 3.31. The second kappa shape index (κ2) is 6.75. The van der Waals surface area contributed by atoms with Crippen LogP contribution >= 0.6 is 0 Å². The number of aromatic nitrogens is 2. The monoisotopic (exact) mass is 370 g/mol. The van der Waals surface area contributed by atoms with E-state index < -0.39 is 10.5 Å². The van der Waals surface area contributed by atoms with Gasteiger partial charge in [0, 0.05) is 18.2 Å². The fourth-order valence-corrected chi connectivity index (χ4v) is 4.84. The normalized spacial score (nSPS) is 24.9. The minimum Gasteiger partial charge on any atom is -0.352 e. The van der Waals surface area contributed by atoms with Crippen LogP contribution in [-0.4, -0.2) is 26.4 Å². The second-order valence-corrected chi connectivity index (χ2v) is 7.83. The van der Waals surface area contributed by atoms with Crippen LogP contribution in [0.25, 0.3) is 10.9 Å². The quantitative estimate of drug-likeness (QED) is 0.642. The van der Waals surface area contributed by atoms with Crippen LogP contribution in [-0.2, 0) is 11.3 Å². The van der Waals surface area contributed by atoms with E-state index >= 15 is 0 Å². The number of nitro benzene ring substituents is 1. The number of carbonyl (C=O) groups is 1. The van der Waals surface area contributed by atoms with Crippen molar-refractivity contribution in [2.24, 2.45) is 17.8 Å². The molecule has 0 unspecified atom stereocenters. The minimum atomic E-state index is -0.556. The number of fused-ring (bicyclic) bond motifs is 3. The van der Waals surface area contributed by atoms with Crippen LogP contribution in [0.4, 0.5) is 5.69 Å². The topological polar surface area (TPSA) is 107 Å². The summed E-state index contributed by atoms with van der Waals surface area (Å²) in [4.78, 5) is 39.6. The number of nitrogens with zero attached hydrogens (tertiary/aromatic N) is 3. The molecule has 1 aromatic heterocycles. The molecule has 2 saturated carbocycles. The summed E-state index contributed by atoms with van der Waals surface area (Å²) in [6.45, 7) is 1.89. The average Bonchev–Trinajstić information content (AvgIpc) is 3.27. The molecule has 1 amide bonds. The Morgan fingerprint density at radius 1 is 1.41 bits per heavy atom. The number of amides is 1. The molecule has 142 valence electrons. The highest BCUT2D eigenvalue weighted by Crippen LogP contribution is 2.49. The number of nitrogens with one attached hydrogen (secondary N) is 1. The molecule has 2 aliphatic rings. The molecule has 1 N–H and O–H groups in total. The van der Waals surface area contributed by atoms with Crippen LogP contribution in [0.3, 0.4) is 0 Å². The first kappa shape index (κ1) is 17.6. The standard InChI is InChI=1S/C19H22N4O4/c1-11(15-7-12-2-3-13(15)6-12)21-18(24)9-22-10-20-17-5-4-14(23(26)27)8-16(17)19(22)25/h4-5,8,10-13,15H,2-3,6-7,9H2,1H3,(H,21,24)/t11-,12+,13+,15-/m1/s1. The SMILES string of the molecule is C[C@@H](NC(=O)Cn1cnc2ccc([N+](=O)[O-])cc2c1=O)[C@H]1C[C@H]2CC[C@H]1C2. The van der Waals surface area contributed by atoms with Crippen LogP contribution in [0.5, 0.6) is 0 Å². The maximum atomic E-state index is 12.6. The smallest absolute Gasteiger partial charge is 0.270 e. The van der Waals surface area contributed by atoms with E-state index in [9.17, 15) is 19.7 Å². The Kier molecular flexibility index (Phi) is 4.41. The summed E-state index contributed by atoms with van der Waals surface area (Å²) in [5.74, 6) is 1.79. The van der Waals surface area contributed by atoms with Crippen LogP contribution in [0, 0.1) is 27.9 Å². The Hall–Kier alpha value is -2.77. The summed E-state index contributed by atoms with van der Waals surface area (Å²) in [7, 11) is 0. The molecule has 8 heteroatoms. The number of benzene rings is 1. The highest BCUT2D eigenvalue weighted by Gasteiger charge is 2.42. The minimum absolute atomic E-state index is 0.0815. The lowest BCUT2D eigenvalue weighted by atomic mass is 9.84. The summed E-state index contributed by atoms with van der Waals surface area (Å²) < 4.78 is 1.20. The van der Waals surface area contributed by atoms with E-state index in [0.717, 1.165) is 5.92 Å². The highest BCUT2D eigenvalue weighted by molar-refractivity contribution is 5.81. The fraction of sp³-hybridized carbons (Fsp3) is 0.526. The lowest BCUT2D eigenvalue weighted by Crippen LogP contribution is -2.42. The maximum absolute atomic E-state index is 12.6. The van der Waals surface area contributed by atoms with E-state index in [-0.39, 0.29) is 29.6 Å². The maximum Gasteiger partial charge on any atom is 0.270 e. The summed E-state index contributed by atoms with van der Waals surface area (Å²) in [6.07, 6.45) is 6.33. The molecular formula is C19H22N4O4. The van der Waals surface area contributed by atoms with Crippen LogP contribution < -0.4 is 10.9 Å². The number of rotatable bonds is 5. The van der Waals surface area contributed by atoms with Gasteiger partial charge in [0.2, 0.25) is 5.91 Å². The molecule has 0 saturated heterocycles. The van der Waals surface area contributed by atoms with Crippen molar-refractivity contribution in [3.63, 3.8) is 0 Å². The molecule has 1 heterocycles. The molecule has 2 fully saturated rings. The zero-order chi connectivity index (χ0) is 19.1. The van der Waals surface area contributed by atoms with Gasteiger partial charge in [-0.15, -0.1) is 0 Å². The predicted molar refractivity (Wildman–Crippen MR) is 99.2 cm³/mol. The predicted octanol–water partition coefficient (Wildman–Crippen LogP) is 2.25. The Morgan fingerprint density at radius 2 is 2.22 bits per heavy atom. The van der Waals surface area contributed by atoms with E-state index in [2.05, 4.69) is 10.3 Å². The first-order chi connectivity index (χ1) is 12.9. The first-order valence-electron chi connectivity index (χ1n) is 9.35. The molecule has 2 aliphatic carbocycles. The van der Waals surface area contributed by atoms with E-state index in [1.165, 1.54) is 54.8 Å². The fourth-order valence-electron chi connectivity index (χ4n) is 4.84. The largest absolute Gasteiger partial charge is 0.352 e. The van der Waals surface area contributed by atoms with Crippen molar-refractivity contribution in [3.05, 3.63) is 45.0 Å². The Labute approximate surface area is 155 Å². The molecule has 8 nitrogen and oxygen atoms in total. The summed E-state index contributed by atoms with van der Waals surface area (Å²) in [6, 6.07) is 4.04. The molecule has 4 atom stereocenters. The Morgan fingerprint density at radius 3 is 2.89 bits per heavy atom. The van der Waals surface area contributed by atoms with Crippen LogP contribution in [0.2, 0.25) is 0 Å². The van der Waals surface area contributed by atoms with Crippen molar-refractivity contribution >= 4 is 22.5 Å². The number of hydrogen-bond donors (Lipinski definition) is 1. The van der Waals surface area contributed by atoms with Gasteiger partial charge in [-0.1, -0.05) is 6.42 Å². The molecule has 27 heavy (non-hydrogen) atoms. The van der Waals surface area contributed by atoms with Gasteiger partial charge in [-0.2, -0.15) is 0 Å². The van der Waals surface area contributed by atoms with Crippen LogP contribution in [0.1, 0.15) is 32.6 Å². The van der Waals surface area contributed by atoms with Crippen molar-refractivity contribution in [2.45, 2.75) is 45.2 Å². The van der Waals surface area contributed by atoms with Crippen molar-refractivity contribution < 1.29 is 9.72 Å². The van der Waals surface area contributed by atoms with E-state index in [0.29, 0.717) is 17.4 Å². The zero-order valence-corrected chi connectivity index (χ0v) is 15.1. The van der Waals surface area contributed by atoms with Crippen molar-refractivity contribution in [3.8, 4) is 0 Å². The number of carbonyl (C=O) groups excluding carboxylic acids is 1. The van der Waals surface area contributed by atoms with Gasteiger partial charge in [-0.3, -0.25) is 24.3 Å². The number of nitro groups is 1. The highest BCUT2D eigenvalue weighted by atomic mass is 16.6. The molecule has 0 aliphatic heterocycles. The molecule has 4 rings (SSSR count). The van der Waals surface area contributed by atoms with E-state index in [4.69, 9.17) is 0 Å². The summed E-state index contributed by atoms with van der Waals surface area (Å²) >= 11 is 0. The van der Waals surface area contributed by atoms with Gasteiger partial charge in [-0.05, 0) is 50.0 Å². The van der Waals surface area contributed by atoms with Gasteiger partial charge < -0.3 is 5.32 Å². The molecule has 1 aromatic carbocycles. The second-order valence-electron chi connectivity index (χ2n) is 7.83. The summed E-state index contributed by atoms with van der Waals surface area (Å²) in [5.41, 5.74) is -0.252. The van der Waals surface area contributed by atoms with Crippen molar-refractivity contribution in [1.82, 2.24) is 14.9 Å². The van der Waals surface area contributed by atoms with Gasteiger partial charge in [0.05, 0.1) is 22.2 Å². The molecular weight excluding hydrogens is 348 g/mol. The first-order valence-corrected chi connectivity index (χ1v) is 9.35. The molecule has 0 spiro atoms. The van der Waals surface area contributed by atoms with Gasteiger partial charge >= 0.3 is 0 Å². The summed E-state index contributed by atoms with van der Waals surface area (Å²) in [5, 5.41) is 14.1. The Bertz CT molecular complexity index is 970. The van der Waals surface area contributed by atoms with Crippen molar-refractivity contribution in [1.29, 1.82) is 0 Å². The van der Waals surface area contributed by atoms with Gasteiger partial charge in [0.15, 0.2) is 0 Å². The van der Waals surface area contributed by atoms with E-state index in [1.54, 1.807) is 0 Å². The molecule has 2 bridgehead atoms. The lowest BCUT2D eigenvalue weighted by molar-refractivity contribution is -0.384. The number of hydrogen-bond acceptors (Lipinski definition) is 5. The molecule has 0 radical (unpaired) electrons. The third-order valence-electron chi connectivity index (χ3n) is 6.16. The average molecular weight is 370 g/mol. The third-order valence-corrected chi connectivity index (χ3v) is 6.16. The van der Waals surface area contributed by atoms with E-state index in [1.807, 2.05) is 6.92 Å². The van der Waals surface area contributed by atoms with Gasteiger partial charge in [0.1, 0.15) is 6.54 Å². The van der Waals surface area contributed by atoms with Crippen molar-refractivity contribution in [2.75, 3.05) is 0 Å². The molecule has 2 aromatic rings. The van der Waals surface area contributed by atoms with Crippen LogP contribution in [0.15, 0.2) is 29.3 Å². The van der Waals surface area contributed by atoms with Gasteiger partial charge in [-0.25, -0.2) is 4.98 Å².